The number of thiophene rings is 1. The molecule has 3 aromatic carbocycles. The van der Waals surface area contributed by atoms with Crippen molar-refractivity contribution in [1.82, 2.24) is 0 Å². The zero-order valence-corrected chi connectivity index (χ0v) is 31.8. The van der Waals surface area contributed by atoms with Crippen LogP contribution in [-0.4, -0.2) is 37.0 Å². The molecular formula is C39H32F6N2O6S3. The fraction of sp³-hybridized carbons (Fsp3) is 0.231. The van der Waals surface area contributed by atoms with Crippen molar-refractivity contribution in [3.05, 3.63) is 118 Å². The molecule has 0 saturated carbocycles. The molecule has 8 rings (SSSR count). The van der Waals surface area contributed by atoms with Gasteiger partial charge in [-0.15, -0.1) is 11.3 Å². The van der Waals surface area contributed by atoms with Gasteiger partial charge in [-0.25, -0.2) is 16.8 Å². The molecule has 17 heteroatoms. The normalized spacial score (nSPS) is 14.3. The van der Waals surface area contributed by atoms with E-state index in [2.05, 4.69) is 119 Å². The maximum Gasteiger partial charge on any atom is 0.485 e. The Kier molecular flexibility index (Phi) is 11.5. The highest BCUT2D eigenvalue weighted by Gasteiger charge is 2.38. The predicted molar refractivity (Wildman–Crippen MR) is 199 cm³/mol. The Labute approximate surface area is 322 Å². The van der Waals surface area contributed by atoms with Crippen LogP contribution in [-0.2, 0) is 46.2 Å². The lowest BCUT2D eigenvalue weighted by atomic mass is 9.87. The molecule has 0 unspecified atom stereocenters. The van der Waals surface area contributed by atoms with Gasteiger partial charge in [0, 0.05) is 51.6 Å². The molecule has 0 fully saturated rings. The Morgan fingerprint density at radius 3 is 1.93 bits per heavy atom. The molecule has 0 radical (unpaired) electrons. The van der Waals surface area contributed by atoms with Gasteiger partial charge in [0.25, 0.3) is 0 Å². The summed E-state index contributed by atoms with van der Waals surface area (Å²) < 4.78 is 124. The molecule has 0 aliphatic carbocycles. The van der Waals surface area contributed by atoms with Crippen LogP contribution in [0.15, 0.2) is 91.1 Å². The maximum atomic E-state index is 10.7. The summed E-state index contributed by atoms with van der Waals surface area (Å²) in [4.78, 5) is 1.34. The topological polar surface area (TPSA) is 122 Å². The van der Waals surface area contributed by atoms with Crippen molar-refractivity contribution in [3.63, 3.8) is 0 Å². The standard InChI is InChI=1S/C37H32N2S.2CHF3O3S/c1-25-30-13-3-5-16-34(30)40-33(25)20-19-29-24-28-10-2-4-14-31(28)39-23-9-12-27-18-17-26-11-8-22-38-21-7-6-15-32(38)35(26)36(27)37(29)39;2*2-1(3,4)8(5,6)7/h2-7,10,13-21,24H,8-9,11-12,22-23H2,1H3;2*(H,5,6,7)/q+2;;/p-2/b20-19+;;. The Morgan fingerprint density at radius 1 is 0.714 bits per heavy atom. The van der Waals surface area contributed by atoms with E-state index in [0.29, 0.717) is 0 Å². The van der Waals surface area contributed by atoms with Gasteiger partial charge in [-0.2, -0.15) is 35.5 Å². The van der Waals surface area contributed by atoms with E-state index in [-0.39, 0.29) is 0 Å². The van der Waals surface area contributed by atoms with Crippen molar-refractivity contribution in [1.29, 1.82) is 0 Å². The second kappa shape index (κ2) is 15.7. The number of para-hydroxylation sites is 1. The van der Waals surface area contributed by atoms with Crippen molar-refractivity contribution in [3.8, 4) is 22.5 Å². The summed E-state index contributed by atoms with van der Waals surface area (Å²) in [6.45, 7) is 4.35. The van der Waals surface area contributed by atoms with E-state index in [0.717, 1.165) is 32.4 Å². The monoisotopic (exact) mass is 834 g/mol. The number of hydrogen-bond acceptors (Lipinski definition) is 7. The molecule has 3 aromatic heterocycles. The van der Waals surface area contributed by atoms with E-state index in [1.165, 1.54) is 77.1 Å². The molecule has 2 aliphatic heterocycles. The molecule has 0 spiro atoms. The number of aromatic nitrogens is 2. The van der Waals surface area contributed by atoms with E-state index < -0.39 is 31.3 Å². The Balaban J connectivity index is 0.000000281. The highest BCUT2D eigenvalue weighted by atomic mass is 32.2. The fourth-order valence-corrected chi connectivity index (χ4v) is 8.07. The number of pyridine rings is 2. The van der Waals surface area contributed by atoms with Crippen LogP contribution in [0.2, 0.25) is 0 Å². The zero-order chi connectivity index (χ0) is 40.6. The highest BCUT2D eigenvalue weighted by Crippen LogP contribution is 2.41. The summed E-state index contributed by atoms with van der Waals surface area (Å²) in [5.74, 6) is 0. The first-order chi connectivity index (χ1) is 26.3. The average Bonchev–Trinajstić information content (AvgIpc) is 3.24. The van der Waals surface area contributed by atoms with Crippen molar-refractivity contribution >= 4 is 64.7 Å². The van der Waals surface area contributed by atoms with Crippen LogP contribution in [0.4, 0.5) is 26.3 Å². The van der Waals surface area contributed by atoms with E-state index in [4.69, 9.17) is 25.9 Å². The fourth-order valence-electron chi connectivity index (χ4n) is 6.96. The summed E-state index contributed by atoms with van der Waals surface area (Å²) in [5, 5.41) is 2.67. The van der Waals surface area contributed by atoms with Gasteiger partial charge < -0.3 is 9.11 Å². The predicted octanol–water partition coefficient (Wildman–Crippen LogP) is 8.44. The smallest absolute Gasteiger partial charge is 0.485 e. The van der Waals surface area contributed by atoms with Gasteiger partial charge in [-0.1, -0.05) is 42.5 Å². The van der Waals surface area contributed by atoms with Crippen LogP contribution in [0.25, 0.3) is 55.7 Å². The molecular weight excluding hydrogens is 803 g/mol. The molecule has 0 amide bonds. The first-order valence-electron chi connectivity index (χ1n) is 17.1. The van der Waals surface area contributed by atoms with Gasteiger partial charge in [0.05, 0.1) is 11.1 Å². The second-order valence-electron chi connectivity index (χ2n) is 13.0. The second-order valence-corrected chi connectivity index (χ2v) is 16.8. The number of benzene rings is 3. The number of hydrogen-bond donors (Lipinski definition) is 0. The molecule has 6 aromatic rings. The number of rotatable bonds is 2. The Bertz CT molecular complexity index is 2670. The number of fused-ring (bicyclic) bond motifs is 10. The van der Waals surface area contributed by atoms with Crippen LogP contribution in [0.1, 0.15) is 40.0 Å². The van der Waals surface area contributed by atoms with E-state index in [1.54, 1.807) is 0 Å². The zero-order valence-electron chi connectivity index (χ0n) is 29.4. The lowest BCUT2D eigenvalue weighted by Gasteiger charge is -2.15. The van der Waals surface area contributed by atoms with Gasteiger partial charge in [0.15, 0.2) is 26.4 Å². The number of alkyl halides is 6. The van der Waals surface area contributed by atoms with Crippen LogP contribution >= 0.6 is 11.3 Å². The minimum absolute atomic E-state index is 1.03. The molecule has 0 N–H and O–H groups in total. The Hall–Kier alpha value is -4.68. The SMILES string of the molecule is Cc1c(/C=C/c2cc3ccccc3[n+]3c2-c2c(ccc4c2-c2cccc[n+]2CCC4)CCC3)sc2ccccc12.O=S(=O)([O-])C(F)(F)F.O=S(=O)([O-])C(F)(F)F. The van der Waals surface area contributed by atoms with Crippen LogP contribution < -0.4 is 9.13 Å². The summed E-state index contributed by atoms with van der Waals surface area (Å²) in [5.41, 5.74) is 1.27. The van der Waals surface area contributed by atoms with Crippen LogP contribution in [0, 0.1) is 6.92 Å². The van der Waals surface area contributed by atoms with E-state index in [9.17, 15) is 26.3 Å². The Morgan fingerprint density at radius 2 is 1.29 bits per heavy atom. The third-order valence-electron chi connectivity index (χ3n) is 9.43. The third kappa shape index (κ3) is 8.51. The first kappa shape index (κ1) is 41.0. The van der Waals surface area contributed by atoms with Gasteiger partial charge in [-0.05, 0) is 78.3 Å². The molecule has 56 heavy (non-hydrogen) atoms. The highest BCUT2D eigenvalue weighted by molar-refractivity contribution is 7.86. The number of aryl methyl sites for hydroxylation is 5. The van der Waals surface area contributed by atoms with Crippen molar-refractivity contribution < 1.29 is 61.4 Å². The lowest BCUT2D eigenvalue weighted by molar-refractivity contribution is -0.686. The van der Waals surface area contributed by atoms with Gasteiger partial charge >= 0.3 is 11.0 Å². The minimum Gasteiger partial charge on any atom is -0.741 e. The largest absolute Gasteiger partial charge is 0.741 e. The lowest BCUT2D eigenvalue weighted by Crippen LogP contribution is -2.38. The van der Waals surface area contributed by atoms with E-state index >= 15 is 0 Å². The molecule has 0 saturated heterocycles. The third-order valence-corrected chi connectivity index (χ3v) is 11.8. The van der Waals surface area contributed by atoms with Crippen molar-refractivity contribution in [2.45, 2.75) is 56.7 Å². The molecule has 2 aliphatic rings. The van der Waals surface area contributed by atoms with E-state index in [1.807, 2.05) is 11.3 Å². The molecule has 0 atom stereocenters. The van der Waals surface area contributed by atoms with Gasteiger partial charge in [0.2, 0.25) is 16.9 Å². The number of halogens is 6. The first-order valence-corrected chi connectivity index (χ1v) is 20.7. The maximum absolute atomic E-state index is 10.7. The summed E-state index contributed by atoms with van der Waals surface area (Å²) in [6, 6.07) is 31.7. The average molecular weight is 835 g/mol. The van der Waals surface area contributed by atoms with Crippen molar-refractivity contribution in [2.75, 3.05) is 0 Å². The van der Waals surface area contributed by atoms with Crippen LogP contribution in [0.5, 0.6) is 0 Å². The molecule has 0 bridgehead atoms. The molecule has 294 valence electrons. The molecule has 8 nitrogen and oxygen atoms in total. The summed E-state index contributed by atoms with van der Waals surface area (Å²) in [6.07, 6.45) is 11.5. The summed E-state index contributed by atoms with van der Waals surface area (Å²) in [7, 11) is -12.2. The van der Waals surface area contributed by atoms with Gasteiger partial charge in [-0.3, -0.25) is 0 Å². The van der Waals surface area contributed by atoms with Crippen LogP contribution in [0.3, 0.4) is 0 Å². The quantitative estimate of drug-likeness (QED) is 0.0748. The number of nitrogens with zero attached hydrogens (tertiary/aromatic N) is 2. The summed E-state index contributed by atoms with van der Waals surface area (Å²) >= 11 is 1.89. The van der Waals surface area contributed by atoms with Crippen molar-refractivity contribution in [2.24, 2.45) is 0 Å². The molecule has 5 heterocycles. The minimum atomic E-state index is -6.09. The van der Waals surface area contributed by atoms with Gasteiger partial charge in [0.1, 0.15) is 13.1 Å².